The van der Waals surface area contributed by atoms with E-state index in [2.05, 4.69) is 15.9 Å². The predicted molar refractivity (Wildman–Crippen MR) is 79.2 cm³/mol. The van der Waals surface area contributed by atoms with Crippen LogP contribution < -0.4 is 4.74 Å². The number of hydrogen-bond donors (Lipinski definition) is 1. The normalized spacial score (nSPS) is 26.1. The summed E-state index contributed by atoms with van der Waals surface area (Å²) in [7, 11) is 0. The molecule has 0 spiro atoms. The summed E-state index contributed by atoms with van der Waals surface area (Å²) < 4.78 is 12.1. The van der Waals surface area contributed by atoms with Gasteiger partial charge in [0.1, 0.15) is 18.0 Å². The lowest BCUT2D eigenvalue weighted by atomic mass is 9.88. The van der Waals surface area contributed by atoms with Gasteiger partial charge in [-0.05, 0) is 28.4 Å². The standard InChI is InChI=1S/C13H15BrCl2O3/c1-2-3-18-13-10(17)6-12(13)19-11-5-8(15)7(14)4-9(11)16/h4-5,10,12-13,17H,2-3,6H2,1H3. The van der Waals surface area contributed by atoms with Crippen LogP contribution in [-0.2, 0) is 4.74 Å². The fourth-order valence-corrected chi connectivity index (χ4v) is 2.74. The third-order valence-corrected chi connectivity index (χ3v) is 4.48. The topological polar surface area (TPSA) is 38.7 Å². The predicted octanol–water partition coefficient (Wildman–Crippen LogP) is 4.06. The SMILES string of the molecule is CCCOC1C(O)CC1Oc1cc(Cl)c(Br)cc1Cl. The first-order valence-corrected chi connectivity index (χ1v) is 7.68. The zero-order chi connectivity index (χ0) is 14.0. The van der Waals surface area contributed by atoms with Crippen LogP contribution in [0.3, 0.4) is 0 Å². The molecule has 0 aliphatic heterocycles. The number of ether oxygens (including phenoxy) is 2. The Labute approximate surface area is 130 Å². The Bertz CT molecular complexity index is 456. The largest absolute Gasteiger partial charge is 0.486 e. The van der Waals surface area contributed by atoms with Crippen LogP contribution in [0.5, 0.6) is 5.75 Å². The van der Waals surface area contributed by atoms with Crippen LogP contribution in [0, 0.1) is 0 Å². The van der Waals surface area contributed by atoms with Gasteiger partial charge >= 0.3 is 0 Å². The van der Waals surface area contributed by atoms with Crippen molar-refractivity contribution in [2.75, 3.05) is 6.61 Å². The van der Waals surface area contributed by atoms with Gasteiger partial charge in [-0.25, -0.2) is 0 Å². The maximum absolute atomic E-state index is 9.68. The molecule has 1 saturated carbocycles. The van der Waals surface area contributed by atoms with E-state index in [1.165, 1.54) is 0 Å². The average molecular weight is 370 g/mol. The summed E-state index contributed by atoms with van der Waals surface area (Å²) in [5.74, 6) is 0.511. The van der Waals surface area contributed by atoms with Gasteiger partial charge in [-0.2, -0.15) is 0 Å². The lowest BCUT2D eigenvalue weighted by Gasteiger charge is -2.41. The van der Waals surface area contributed by atoms with Crippen molar-refractivity contribution in [3.63, 3.8) is 0 Å². The Kier molecular flexibility index (Phi) is 5.37. The second-order valence-corrected chi connectivity index (χ2v) is 6.16. The first kappa shape index (κ1) is 15.4. The summed E-state index contributed by atoms with van der Waals surface area (Å²) in [4.78, 5) is 0. The van der Waals surface area contributed by atoms with E-state index in [9.17, 15) is 5.11 Å². The molecule has 0 amide bonds. The molecule has 2 rings (SSSR count). The smallest absolute Gasteiger partial charge is 0.140 e. The van der Waals surface area contributed by atoms with Crippen molar-refractivity contribution in [1.29, 1.82) is 0 Å². The molecule has 0 heterocycles. The molecule has 3 unspecified atom stereocenters. The van der Waals surface area contributed by atoms with E-state index < -0.39 is 6.10 Å². The highest BCUT2D eigenvalue weighted by Gasteiger charge is 2.43. The summed E-state index contributed by atoms with van der Waals surface area (Å²) >= 11 is 15.4. The molecule has 1 aromatic carbocycles. The van der Waals surface area contributed by atoms with Gasteiger partial charge in [-0.15, -0.1) is 0 Å². The molecule has 3 atom stereocenters. The third-order valence-electron chi connectivity index (χ3n) is 2.99. The Morgan fingerprint density at radius 1 is 1.37 bits per heavy atom. The first-order valence-electron chi connectivity index (χ1n) is 6.13. The number of hydrogen-bond acceptors (Lipinski definition) is 3. The van der Waals surface area contributed by atoms with E-state index in [1.807, 2.05) is 6.92 Å². The molecule has 19 heavy (non-hydrogen) atoms. The molecule has 3 nitrogen and oxygen atoms in total. The Morgan fingerprint density at radius 3 is 2.74 bits per heavy atom. The van der Waals surface area contributed by atoms with Gasteiger partial charge in [-0.3, -0.25) is 0 Å². The number of rotatable bonds is 5. The van der Waals surface area contributed by atoms with Crippen LogP contribution in [0.15, 0.2) is 16.6 Å². The zero-order valence-corrected chi connectivity index (χ0v) is 13.5. The van der Waals surface area contributed by atoms with Crippen molar-refractivity contribution < 1.29 is 14.6 Å². The third kappa shape index (κ3) is 3.56. The van der Waals surface area contributed by atoms with Crippen LogP contribution in [0.25, 0.3) is 0 Å². The monoisotopic (exact) mass is 368 g/mol. The number of aliphatic hydroxyl groups excluding tert-OH is 1. The van der Waals surface area contributed by atoms with Crippen LogP contribution >= 0.6 is 39.1 Å². The number of benzene rings is 1. The molecule has 0 radical (unpaired) electrons. The number of halogens is 3. The van der Waals surface area contributed by atoms with E-state index in [-0.39, 0.29) is 12.2 Å². The Balaban J connectivity index is 2.03. The molecule has 0 bridgehead atoms. The highest BCUT2D eigenvalue weighted by atomic mass is 79.9. The van der Waals surface area contributed by atoms with Crippen LogP contribution in [0.2, 0.25) is 10.0 Å². The van der Waals surface area contributed by atoms with Crippen molar-refractivity contribution in [3.05, 3.63) is 26.7 Å². The van der Waals surface area contributed by atoms with E-state index in [1.54, 1.807) is 12.1 Å². The fourth-order valence-electron chi connectivity index (χ4n) is 1.90. The Hall–Kier alpha value is -0.0000000000000000555. The molecule has 1 fully saturated rings. The van der Waals surface area contributed by atoms with Gasteiger partial charge in [0.2, 0.25) is 0 Å². The van der Waals surface area contributed by atoms with Crippen molar-refractivity contribution in [2.24, 2.45) is 0 Å². The van der Waals surface area contributed by atoms with Crippen molar-refractivity contribution in [3.8, 4) is 5.75 Å². The van der Waals surface area contributed by atoms with Crippen LogP contribution in [-0.4, -0.2) is 30.0 Å². The minimum atomic E-state index is -0.471. The van der Waals surface area contributed by atoms with Crippen LogP contribution in [0.4, 0.5) is 0 Å². The molecular formula is C13H15BrCl2O3. The van der Waals surface area contributed by atoms with Gasteiger partial charge in [0, 0.05) is 23.6 Å². The lowest BCUT2D eigenvalue weighted by Crippen LogP contribution is -2.55. The summed E-state index contributed by atoms with van der Waals surface area (Å²) in [6.45, 7) is 2.63. The number of aliphatic hydroxyl groups is 1. The van der Waals surface area contributed by atoms with Crippen molar-refractivity contribution in [2.45, 2.75) is 38.1 Å². The highest BCUT2D eigenvalue weighted by Crippen LogP contribution is 2.37. The summed E-state index contributed by atoms with van der Waals surface area (Å²) in [6.07, 6.45) is 0.495. The zero-order valence-electron chi connectivity index (χ0n) is 10.4. The first-order chi connectivity index (χ1) is 9.02. The molecule has 0 aromatic heterocycles. The van der Waals surface area contributed by atoms with Gasteiger partial charge in [0.25, 0.3) is 0 Å². The average Bonchev–Trinajstić information content (AvgIpc) is 2.35. The van der Waals surface area contributed by atoms with Gasteiger partial charge in [-0.1, -0.05) is 30.1 Å². The summed E-state index contributed by atoms with van der Waals surface area (Å²) in [5.41, 5.74) is 0. The second kappa shape index (κ2) is 6.64. The van der Waals surface area contributed by atoms with Crippen molar-refractivity contribution in [1.82, 2.24) is 0 Å². The Morgan fingerprint density at radius 2 is 2.11 bits per heavy atom. The van der Waals surface area contributed by atoms with E-state index in [4.69, 9.17) is 32.7 Å². The van der Waals surface area contributed by atoms with Crippen molar-refractivity contribution >= 4 is 39.1 Å². The maximum Gasteiger partial charge on any atom is 0.140 e. The summed E-state index contributed by atoms with van der Waals surface area (Å²) in [6, 6.07) is 3.35. The lowest BCUT2D eigenvalue weighted by molar-refractivity contribution is -0.162. The maximum atomic E-state index is 9.68. The fraction of sp³-hybridized carbons (Fsp3) is 0.538. The minimum Gasteiger partial charge on any atom is -0.486 e. The molecule has 1 aliphatic rings. The second-order valence-electron chi connectivity index (χ2n) is 4.49. The molecule has 6 heteroatoms. The minimum absolute atomic E-state index is 0.184. The van der Waals surface area contributed by atoms with Gasteiger partial charge < -0.3 is 14.6 Å². The molecule has 0 saturated heterocycles. The van der Waals surface area contributed by atoms with Crippen LogP contribution in [0.1, 0.15) is 19.8 Å². The van der Waals surface area contributed by atoms with E-state index in [0.717, 1.165) is 10.9 Å². The molecule has 1 aromatic rings. The van der Waals surface area contributed by atoms with Gasteiger partial charge in [0.15, 0.2) is 0 Å². The highest BCUT2D eigenvalue weighted by molar-refractivity contribution is 9.10. The molecule has 1 aliphatic carbocycles. The van der Waals surface area contributed by atoms with Gasteiger partial charge in [0.05, 0.1) is 16.1 Å². The summed E-state index contributed by atoms with van der Waals surface area (Å²) in [5, 5.41) is 10.7. The molecule has 1 N–H and O–H groups in total. The van der Waals surface area contributed by atoms with E-state index >= 15 is 0 Å². The molecular weight excluding hydrogens is 355 g/mol. The van der Waals surface area contributed by atoms with E-state index in [0.29, 0.717) is 28.8 Å². The molecule has 106 valence electrons. The quantitative estimate of drug-likeness (QED) is 0.795.